The number of aliphatic hydroxyl groups is 1. The largest absolute Gasteiger partial charge is 0.508 e. The lowest BCUT2D eigenvalue weighted by atomic mass is 10.0. The normalized spacial score (nSPS) is 14.2. The van der Waals surface area contributed by atoms with E-state index < -0.39 is 60.4 Å². The highest BCUT2D eigenvalue weighted by Gasteiger charge is 2.30. The summed E-state index contributed by atoms with van der Waals surface area (Å²) in [5.41, 5.74) is 11.5. The standard InChI is InChI=1S/C23H35N5O8/c1-12(2)9-16(21(33)28-18(11-29)23(35)36)27-22(34)17(10-13-3-5-14(30)6-4-13)26-20(32)15(24)7-8-19(25)31/h3-6,12,15-18,29-30H,7-11,24H2,1-2H3,(H2,25,31)(H,26,32)(H,27,34)(H,28,33)(H,35,36). The zero-order valence-electron chi connectivity index (χ0n) is 20.3. The molecule has 0 aliphatic rings. The summed E-state index contributed by atoms with van der Waals surface area (Å²) in [6, 6.07) is 0.868. The van der Waals surface area contributed by atoms with E-state index in [2.05, 4.69) is 16.0 Å². The smallest absolute Gasteiger partial charge is 0.328 e. The fraction of sp³-hybridized carbons (Fsp3) is 0.522. The third-order valence-electron chi connectivity index (χ3n) is 5.18. The number of aliphatic hydroxyl groups excluding tert-OH is 1. The van der Waals surface area contributed by atoms with Crippen LogP contribution < -0.4 is 27.4 Å². The van der Waals surface area contributed by atoms with Gasteiger partial charge in [-0.1, -0.05) is 26.0 Å². The molecule has 0 saturated heterocycles. The molecular weight excluding hydrogens is 474 g/mol. The van der Waals surface area contributed by atoms with Gasteiger partial charge in [-0.25, -0.2) is 4.79 Å². The lowest BCUT2D eigenvalue weighted by Gasteiger charge is -2.26. The Morgan fingerprint density at radius 3 is 1.92 bits per heavy atom. The monoisotopic (exact) mass is 509 g/mol. The molecule has 0 aliphatic carbocycles. The number of amides is 4. The first-order valence-electron chi connectivity index (χ1n) is 11.4. The van der Waals surface area contributed by atoms with Crippen molar-refractivity contribution in [1.29, 1.82) is 0 Å². The Morgan fingerprint density at radius 2 is 1.42 bits per heavy atom. The third-order valence-corrected chi connectivity index (χ3v) is 5.18. The number of aliphatic carboxylic acids is 1. The summed E-state index contributed by atoms with van der Waals surface area (Å²) in [6.07, 6.45) is -0.0430. The topological polar surface area (TPSA) is 234 Å². The molecule has 4 atom stereocenters. The maximum atomic E-state index is 13.2. The second-order valence-electron chi connectivity index (χ2n) is 8.82. The number of phenolic OH excluding ortho intramolecular Hbond substituents is 1. The van der Waals surface area contributed by atoms with E-state index in [1.165, 1.54) is 12.1 Å². The molecule has 1 aromatic rings. The van der Waals surface area contributed by atoms with Crippen LogP contribution in [0.25, 0.3) is 0 Å². The van der Waals surface area contributed by atoms with Crippen molar-refractivity contribution < 1.29 is 39.3 Å². The van der Waals surface area contributed by atoms with Gasteiger partial charge in [0.15, 0.2) is 0 Å². The molecule has 0 spiro atoms. The molecule has 0 saturated carbocycles. The molecule has 1 rings (SSSR count). The van der Waals surface area contributed by atoms with Gasteiger partial charge < -0.3 is 42.7 Å². The van der Waals surface area contributed by atoms with Gasteiger partial charge in [0.2, 0.25) is 23.6 Å². The van der Waals surface area contributed by atoms with Gasteiger partial charge >= 0.3 is 5.97 Å². The van der Waals surface area contributed by atoms with Crippen molar-refractivity contribution in [2.24, 2.45) is 17.4 Å². The number of carboxylic acids is 1. The molecule has 4 unspecified atom stereocenters. The van der Waals surface area contributed by atoms with E-state index in [1.54, 1.807) is 26.0 Å². The van der Waals surface area contributed by atoms with Gasteiger partial charge in [0.1, 0.15) is 23.9 Å². The molecule has 0 heterocycles. The fourth-order valence-electron chi connectivity index (χ4n) is 3.22. The summed E-state index contributed by atoms with van der Waals surface area (Å²) in [5.74, 6) is -4.42. The van der Waals surface area contributed by atoms with Crippen molar-refractivity contribution in [2.45, 2.75) is 63.7 Å². The molecule has 13 nitrogen and oxygen atoms in total. The number of nitrogens with two attached hydrogens (primary N) is 2. The van der Waals surface area contributed by atoms with Gasteiger partial charge in [-0.15, -0.1) is 0 Å². The van der Waals surface area contributed by atoms with Gasteiger partial charge in [0, 0.05) is 12.8 Å². The Bertz CT molecular complexity index is 922. The molecule has 0 aliphatic heterocycles. The Morgan fingerprint density at radius 1 is 0.889 bits per heavy atom. The van der Waals surface area contributed by atoms with Crippen LogP contribution in [0.1, 0.15) is 38.7 Å². The zero-order valence-corrected chi connectivity index (χ0v) is 20.3. The van der Waals surface area contributed by atoms with Gasteiger partial charge in [0.25, 0.3) is 0 Å². The van der Waals surface area contributed by atoms with Crippen LogP contribution in [0.4, 0.5) is 0 Å². The van der Waals surface area contributed by atoms with Crippen LogP contribution in [-0.4, -0.2) is 75.7 Å². The van der Waals surface area contributed by atoms with Crippen LogP contribution in [0, 0.1) is 5.92 Å². The molecule has 0 bridgehead atoms. The molecule has 36 heavy (non-hydrogen) atoms. The summed E-state index contributed by atoms with van der Waals surface area (Å²) in [7, 11) is 0. The molecule has 200 valence electrons. The van der Waals surface area contributed by atoms with Gasteiger partial charge in [-0.2, -0.15) is 0 Å². The first kappa shape index (κ1) is 30.3. The number of phenols is 1. The van der Waals surface area contributed by atoms with Crippen LogP contribution in [-0.2, 0) is 30.4 Å². The maximum Gasteiger partial charge on any atom is 0.328 e. The molecule has 1 aromatic carbocycles. The summed E-state index contributed by atoms with van der Waals surface area (Å²) in [5, 5.41) is 35.0. The lowest BCUT2D eigenvalue weighted by molar-refractivity contribution is -0.143. The minimum Gasteiger partial charge on any atom is -0.508 e. The van der Waals surface area contributed by atoms with Crippen LogP contribution in [0.3, 0.4) is 0 Å². The molecule has 0 fully saturated rings. The predicted octanol–water partition coefficient (Wildman–Crippen LogP) is -1.90. The van der Waals surface area contributed by atoms with E-state index in [9.17, 15) is 34.2 Å². The summed E-state index contributed by atoms with van der Waals surface area (Å²) >= 11 is 0. The molecular formula is C23H35N5O8. The number of aromatic hydroxyl groups is 1. The van der Waals surface area contributed by atoms with E-state index in [0.29, 0.717) is 5.56 Å². The van der Waals surface area contributed by atoms with Gasteiger partial charge in [0.05, 0.1) is 12.6 Å². The second kappa shape index (κ2) is 14.6. The number of hydrogen-bond acceptors (Lipinski definition) is 8. The van der Waals surface area contributed by atoms with E-state index in [1.807, 2.05) is 0 Å². The van der Waals surface area contributed by atoms with E-state index in [-0.39, 0.29) is 37.4 Å². The van der Waals surface area contributed by atoms with Crippen LogP contribution >= 0.6 is 0 Å². The van der Waals surface area contributed by atoms with Crippen molar-refractivity contribution >= 4 is 29.6 Å². The quantitative estimate of drug-likeness (QED) is 0.132. The predicted molar refractivity (Wildman–Crippen MR) is 128 cm³/mol. The number of benzene rings is 1. The molecule has 13 heteroatoms. The highest BCUT2D eigenvalue weighted by atomic mass is 16.4. The van der Waals surface area contributed by atoms with Crippen molar-refractivity contribution in [3.63, 3.8) is 0 Å². The summed E-state index contributed by atoms with van der Waals surface area (Å²) in [4.78, 5) is 60.7. The maximum absolute atomic E-state index is 13.2. The van der Waals surface area contributed by atoms with E-state index >= 15 is 0 Å². The minimum atomic E-state index is -1.56. The van der Waals surface area contributed by atoms with Gasteiger partial charge in [-0.3, -0.25) is 19.2 Å². The molecule has 10 N–H and O–H groups in total. The van der Waals surface area contributed by atoms with Crippen molar-refractivity contribution in [3.8, 4) is 5.75 Å². The first-order valence-corrected chi connectivity index (χ1v) is 11.4. The van der Waals surface area contributed by atoms with E-state index in [4.69, 9.17) is 16.6 Å². The Hall–Kier alpha value is -3.71. The van der Waals surface area contributed by atoms with Crippen molar-refractivity contribution in [3.05, 3.63) is 29.8 Å². The van der Waals surface area contributed by atoms with Crippen LogP contribution in [0.2, 0.25) is 0 Å². The number of rotatable bonds is 15. The highest BCUT2D eigenvalue weighted by Crippen LogP contribution is 2.13. The summed E-state index contributed by atoms with van der Waals surface area (Å²) in [6.45, 7) is 2.74. The SMILES string of the molecule is CC(C)CC(NC(=O)C(Cc1ccc(O)cc1)NC(=O)C(N)CCC(N)=O)C(=O)NC(CO)C(=O)O. The van der Waals surface area contributed by atoms with Gasteiger partial charge in [-0.05, 0) is 36.5 Å². The van der Waals surface area contributed by atoms with Crippen molar-refractivity contribution in [2.75, 3.05) is 6.61 Å². The molecule has 0 radical (unpaired) electrons. The van der Waals surface area contributed by atoms with Crippen molar-refractivity contribution in [1.82, 2.24) is 16.0 Å². The number of hydrogen-bond donors (Lipinski definition) is 8. The fourth-order valence-corrected chi connectivity index (χ4v) is 3.22. The Kier molecular flexibility index (Phi) is 12.3. The van der Waals surface area contributed by atoms with Crippen LogP contribution in [0.5, 0.6) is 5.75 Å². The van der Waals surface area contributed by atoms with Crippen LogP contribution in [0.15, 0.2) is 24.3 Å². The first-order chi connectivity index (χ1) is 16.8. The van der Waals surface area contributed by atoms with E-state index in [0.717, 1.165) is 0 Å². The molecule has 0 aromatic heterocycles. The average Bonchev–Trinajstić information content (AvgIpc) is 2.80. The number of carbonyl (C=O) groups is 5. The Balaban J connectivity index is 3.10. The highest BCUT2D eigenvalue weighted by molar-refractivity contribution is 5.94. The summed E-state index contributed by atoms with van der Waals surface area (Å²) < 4.78 is 0. The lowest BCUT2D eigenvalue weighted by Crippen LogP contribution is -2.58. The number of carbonyl (C=O) groups excluding carboxylic acids is 4. The molecule has 4 amide bonds. The third kappa shape index (κ3) is 10.7. The minimum absolute atomic E-state index is 0.00259. The Labute approximate surface area is 208 Å². The zero-order chi connectivity index (χ0) is 27.4. The number of primary amides is 1. The number of carboxylic acid groups (broad SMARTS) is 1. The number of nitrogens with one attached hydrogen (secondary N) is 3. The second-order valence-corrected chi connectivity index (χ2v) is 8.82. The average molecular weight is 510 g/mol.